The van der Waals surface area contributed by atoms with Crippen LogP contribution in [0.25, 0.3) is 0 Å². The Morgan fingerprint density at radius 2 is 2.56 bits per heavy atom. The molecule has 2 N–H and O–H groups in total. The van der Waals surface area contributed by atoms with Crippen LogP contribution in [0.5, 0.6) is 0 Å². The van der Waals surface area contributed by atoms with E-state index in [0.29, 0.717) is 4.99 Å². The van der Waals surface area contributed by atoms with Crippen molar-refractivity contribution < 1.29 is 0 Å². The topological polar surface area (TPSA) is 38.9 Å². The van der Waals surface area contributed by atoms with Gasteiger partial charge >= 0.3 is 0 Å². The monoisotopic (exact) mass is 158 g/mol. The Bertz CT molecular complexity index is 229. The van der Waals surface area contributed by atoms with E-state index >= 15 is 0 Å². The number of aromatic nitrogens is 1. The first-order valence-electron chi connectivity index (χ1n) is 2.42. The van der Waals surface area contributed by atoms with Crippen molar-refractivity contribution in [2.75, 3.05) is 0 Å². The molecule has 0 aliphatic heterocycles. The third-order valence-electron chi connectivity index (χ3n) is 0.871. The molecule has 0 bridgehead atoms. The van der Waals surface area contributed by atoms with Gasteiger partial charge in [0, 0.05) is 5.38 Å². The number of rotatable bonds is 1. The number of nitrogens with two attached hydrogens (primary N) is 1. The van der Waals surface area contributed by atoms with Crippen LogP contribution in [0.1, 0.15) is 10.7 Å². The molecule has 0 unspecified atom stereocenters. The van der Waals surface area contributed by atoms with Gasteiger partial charge in [-0.3, -0.25) is 0 Å². The summed E-state index contributed by atoms with van der Waals surface area (Å²) in [7, 11) is 0. The molecule has 0 atom stereocenters. The molecule has 0 aromatic carbocycles. The zero-order chi connectivity index (χ0) is 6.85. The predicted molar refractivity (Wildman–Crippen MR) is 42.7 cm³/mol. The molecule has 0 amide bonds. The van der Waals surface area contributed by atoms with Crippen molar-refractivity contribution in [3.8, 4) is 0 Å². The molecule has 0 fully saturated rings. The average molecular weight is 158 g/mol. The van der Waals surface area contributed by atoms with E-state index in [-0.39, 0.29) is 0 Å². The Balaban J connectivity index is 2.98. The summed E-state index contributed by atoms with van der Waals surface area (Å²) in [6, 6.07) is 0. The van der Waals surface area contributed by atoms with E-state index in [1.54, 1.807) is 11.3 Å². The van der Waals surface area contributed by atoms with Crippen LogP contribution >= 0.6 is 23.6 Å². The molecule has 9 heavy (non-hydrogen) atoms. The van der Waals surface area contributed by atoms with Crippen LogP contribution in [0.15, 0.2) is 5.38 Å². The van der Waals surface area contributed by atoms with Gasteiger partial charge in [0.25, 0.3) is 0 Å². The smallest absolute Gasteiger partial charge is 0.123 e. The maximum Gasteiger partial charge on any atom is 0.123 e. The number of nitrogens with zero attached hydrogens (tertiary/aromatic N) is 1. The Morgan fingerprint density at radius 1 is 1.89 bits per heavy atom. The van der Waals surface area contributed by atoms with E-state index in [1.165, 1.54) is 0 Å². The molecule has 0 radical (unpaired) electrons. The fraction of sp³-hybridized carbons (Fsp3) is 0.200. The summed E-state index contributed by atoms with van der Waals surface area (Å²) in [6.07, 6.45) is 0. The highest BCUT2D eigenvalue weighted by Gasteiger charge is 1.98. The quantitative estimate of drug-likeness (QED) is 0.622. The molecule has 1 aromatic rings. The maximum atomic E-state index is 5.30. The summed E-state index contributed by atoms with van der Waals surface area (Å²) in [6.45, 7) is 1.92. The normalized spacial score (nSPS) is 9.44. The van der Waals surface area contributed by atoms with Crippen molar-refractivity contribution >= 4 is 28.5 Å². The highest BCUT2D eigenvalue weighted by atomic mass is 32.1. The van der Waals surface area contributed by atoms with Crippen molar-refractivity contribution in [1.29, 1.82) is 0 Å². The van der Waals surface area contributed by atoms with Gasteiger partial charge in [0.15, 0.2) is 0 Å². The lowest BCUT2D eigenvalue weighted by Gasteiger charge is -1.84. The van der Waals surface area contributed by atoms with E-state index in [9.17, 15) is 0 Å². The molecule has 0 aliphatic rings. The number of aryl methyl sites for hydroxylation is 1. The summed E-state index contributed by atoms with van der Waals surface area (Å²) in [5.41, 5.74) is 6.03. The second-order valence-corrected chi connectivity index (χ2v) is 3.12. The molecular formula is C5H6N2S2. The minimum absolute atomic E-state index is 0.374. The highest BCUT2D eigenvalue weighted by Crippen LogP contribution is 2.06. The zero-order valence-electron chi connectivity index (χ0n) is 4.92. The fourth-order valence-electron chi connectivity index (χ4n) is 0.477. The summed E-state index contributed by atoms with van der Waals surface area (Å²) in [5, 5.41) is 2.86. The van der Waals surface area contributed by atoms with Crippen molar-refractivity contribution in [2.45, 2.75) is 6.92 Å². The number of thiocarbonyl (C=S) groups is 1. The molecule has 0 saturated heterocycles. The molecule has 48 valence electrons. The van der Waals surface area contributed by atoms with E-state index in [2.05, 4.69) is 4.98 Å². The number of hydrogen-bond acceptors (Lipinski definition) is 3. The van der Waals surface area contributed by atoms with Crippen LogP contribution in [0.2, 0.25) is 0 Å². The van der Waals surface area contributed by atoms with Crippen LogP contribution in [0, 0.1) is 6.92 Å². The largest absolute Gasteiger partial charge is 0.388 e. The van der Waals surface area contributed by atoms with Crippen molar-refractivity contribution in [1.82, 2.24) is 4.98 Å². The summed E-state index contributed by atoms with van der Waals surface area (Å²) >= 11 is 6.25. The van der Waals surface area contributed by atoms with E-state index in [4.69, 9.17) is 18.0 Å². The first kappa shape index (κ1) is 6.64. The summed E-state index contributed by atoms with van der Waals surface area (Å²) < 4.78 is 0. The minimum atomic E-state index is 0.374. The third kappa shape index (κ3) is 1.46. The molecule has 1 heterocycles. The minimum Gasteiger partial charge on any atom is -0.388 e. The Labute approximate surface area is 62.7 Å². The molecule has 1 aromatic heterocycles. The highest BCUT2D eigenvalue weighted by molar-refractivity contribution is 7.80. The Hall–Kier alpha value is -0.480. The molecular weight excluding hydrogens is 152 g/mol. The van der Waals surface area contributed by atoms with Gasteiger partial charge in [0.05, 0.1) is 5.01 Å². The van der Waals surface area contributed by atoms with E-state index in [1.807, 2.05) is 12.3 Å². The number of thiazole rings is 1. The van der Waals surface area contributed by atoms with Gasteiger partial charge in [0.1, 0.15) is 10.7 Å². The van der Waals surface area contributed by atoms with E-state index < -0.39 is 0 Å². The lowest BCUT2D eigenvalue weighted by molar-refractivity contribution is 1.27. The molecule has 0 spiro atoms. The van der Waals surface area contributed by atoms with Gasteiger partial charge in [-0.25, -0.2) is 4.98 Å². The lowest BCUT2D eigenvalue weighted by Crippen LogP contribution is -2.09. The first-order chi connectivity index (χ1) is 4.20. The molecule has 4 heteroatoms. The zero-order valence-corrected chi connectivity index (χ0v) is 6.55. The molecule has 1 rings (SSSR count). The second kappa shape index (κ2) is 2.41. The van der Waals surface area contributed by atoms with Crippen molar-refractivity contribution in [3.05, 3.63) is 16.1 Å². The third-order valence-corrected chi connectivity index (χ3v) is 1.85. The van der Waals surface area contributed by atoms with Gasteiger partial charge in [-0.2, -0.15) is 0 Å². The van der Waals surface area contributed by atoms with Crippen LogP contribution < -0.4 is 5.73 Å². The maximum absolute atomic E-state index is 5.30. The van der Waals surface area contributed by atoms with Crippen LogP contribution in [0.4, 0.5) is 0 Å². The van der Waals surface area contributed by atoms with Gasteiger partial charge < -0.3 is 5.73 Å². The lowest BCUT2D eigenvalue weighted by atomic mass is 10.5. The average Bonchev–Trinajstić information content (AvgIpc) is 2.14. The predicted octanol–water partition coefficient (Wildman–Crippen LogP) is 1.09. The standard InChI is InChI=1S/C5H6N2S2/c1-3-7-4(2-9-3)5(6)8/h2H,1H3,(H2,6,8). The second-order valence-electron chi connectivity index (χ2n) is 1.62. The molecule has 0 aliphatic carbocycles. The van der Waals surface area contributed by atoms with Crippen LogP contribution in [-0.2, 0) is 0 Å². The van der Waals surface area contributed by atoms with Gasteiger partial charge in [-0.15, -0.1) is 11.3 Å². The SMILES string of the molecule is Cc1nc(C(N)=S)cs1. The fourth-order valence-corrected chi connectivity index (χ4v) is 1.27. The molecule has 2 nitrogen and oxygen atoms in total. The van der Waals surface area contributed by atoms with Crippen molar-refractivity contribution in [3.63, 3.8) is 0 Å². The van der Waals surface area contributed by atoms with Gasteiger partial charge in [-0.1, -0.05) is 12.2 Å². The summed E-state index contributed by atoms with van der Waals surface area (Å²) in [4.78, 5) is 4.44. The Kier molecular flexibility index (Phi) is 1.78. The van der Waals surface area contributed by atoms with Gasteiger partial charge in [-0.05, 0) is 6.92 Å². The van der Waals surface area contributed by atoms with Crippen LogP contribution in [0.3, 0.4) is 0 Å². The van der Waals surface area contributed by atoms with E-state index in [0.717, 1.165) is 10.7 Å². The van der Waals surface area contributed by atoms with Gasteiger partial charge in [0.2, 0.25) is 0 Å². The Morgan fingerprint density at radius 3 is 2.78 bits per heavy atom. The summed E-state index contributed by atoms with van der Waals surface area (Å²) in [5.74, 6) is 0. The van der Waals surface area contributed by atoms with Crippen molar-refractivity contribution in [2.24, 2.45) is 5.73 Å². The molecule has 0 saturated carbocycles. The number of hydrogen-bond donors (Lipinski definition) is 1. The first-order valence-corrected chi connectivity index (χ1v) is 3.71. The van der Waals surface area contributed by atoms with Crippen LogP contribution in [-0.4, -0.2) is 9.97 Å².